The van der Waals surface area contributed by atoms with E-state index >= 15 is 0 Å². The van der Waals surface area contributed by atoms with Gasteiger partial charge in [0.15, 0.2) is 5.78 Å². The van der Waals surface area contributed by atoms with Crippen molar-refractivity contribution in [3.05, 3.63) is 41.6 Å². The molecule has 4 heteroatoms. The smallest absolute Gasteiger partial charge is 0.225 e. The maximum atomic E-state index is 11.8. The van der Waals surface area contributed by atoms with Crippen LogP contribution < -0.4 is 10.6 Å². The zero-order valence-corrected chi connectivity index (χ0v) is 11.4. The molecule has 1 aliphatic heterocycles. The normalized spacial score (nSPS) is 18.5. The van der Waals surface area contributed by atoms with E-state index < -0.39 is 5.91 Å². The molecule has 19 heavy (non-hydrogen) atoms. The number of likely N-dealkylation sites (N-methyl/N-ethyl adjacent to an activating group) is 1. The van der Waals surface area contributed by atoms with Gasteiger partial charge in [-0.2, -0.15) is 0 Å². The van der Waals surface area contributed by atoms with Gasteiger partial charge in [-0.15, -0.1) is 0 Å². The quantitative estimate of drug-likeness (QED) is 0.663. The largest absolute Gasteiger partial charge is 0.369 e. The van der Waals surface area contributed by atoms with Crippen molar-refractivity contribution in [2.75, 3.05) is 11.9 Å². The number of ketones is 1. The van der Waals surface area contributed by atoms with E-state index in [0.29, 0.717) is 0 Å². The topological polar surface area (TPSA) is 63.4 Å². The summed E-state index contributed by atoms with van der Waals surface area (Å²) in [5.41, 5.74) is 7.95. The molecule has 1 heterocycles. The van der Waals surface area contributed by atoms with E-state index in [1.54, 1.807) is 0 Å². The summed E-state index contributed by atoms with van der Waals surface area (Å²) in [6.07, 6.45) is 1.29. The average Bonchev–Trinajstić information content (AvgIpc) is 2.51. The van der Waals surface area contributed by atoms with Crippen LogP contribution in [0.25, 0.3) is 0 Å². The third kappa shape index (κ3) is 2.26. The highest BCUT2D eigenvalue weighted by molar-refractivity contribution is 6.04. The molecule has 100 valence electrons. The summed E-state index contributed by atoms with van der Waals surface area (Å²) in [7, 11) is 1.93. The van der Waals surface area contributed by atoms with Crippen molar-refractivity contribution < 1.29 is 9.59 Å². The molecule has 0 saturated heterocycles. The molecule has 0 spiro atoms. The van der Waals surface area contributed by atoms with Gasteiger partial charge in [0, 0.05) is 29.9 Å². The van der Waals surface area contributed by atoms with Gasteiger partial charge in [0.25, 0.3) is 0 Å². The first-order chi connectivity index (χ1) is 8.84. The zero-order valence-electron chi connectivity index (χ0n) is 11.4. The minimum absolute atomic E-state index is 0.246. The zero-order chi connectivity index (χ0) is 14.2. The number of amides is 1. The van der Waals surface area contributed by atoms with Gasteiger partial charge in [0.1, 0.15) is 0 Å². The van der Waals surface area contributed by atoms with Crippen LogP contribution >= 0.6 is 0 Å². The Morgan fingerprint density at radius 1 is 1.32 bits per heavy atom. The van der Waals surface area contributed by atoms with E-state index in [1.165, 1.54) is 11.6 Å². The number of rotatable bonds is 3. The molecule has 0 radical (unpaired) electrons. The molecule has 0 unspecified atom stereocenters. The molecule has 2 rings (SSSR count). The molecule has 0 fully saturated rings. The monoisotopic (exact) mass is 258 g/mol. The fraction of sp³-hybridized carbons (Fsp3) is 0.333. The fourth-order valence-corrected chi connectivity index (χ4v) is 2.63. The summed E-state index contributed by atoms with van der Waals surface area (Å²) in [6, 6.07) is 8.05. The Morgan fingerprint density at radius 3 is 2.53 bits per heavy atom. The summed E-state index contributed by atoms with van der Waals surface area (Å²) in [5.74, 6) is -0.854. The number of nitrogens with zero attached hydrogens (tertiary/aromatic N) is 1. The van der Waals surface area contributed by atoms with Crippen molar-refractivity contribution in [1.29, 1.82) is 0 Å². The lowest BCUT2D eigenvalue weighted by Crippen LogP contribution is -2.25. The highest BCUT2D eigenvalue weighted by atomic mass is 16.2. The molecular weight excluding hydrogens is 240 g/mol. The summed E-state index contributed by atoms with van der Waals surface area (Å²) in [5, 5.41) is 0. The Bertz CT molecular complexity index is 573. The van der Waals surface area contributed by atoms with Crippen molar-refractivity contribution in [1.82, 2.24) is 0 Å². The molecule has 2 N–H and O–H groups in total. The first-order valence-corrected chi connectivity index (χ1v) is 6.20. The predicted octanol–water partition coefficient (Wildman–Crippen LogP) is 1.74. The van der Waals surface area contributed by atoms with Gasteiger partial charge in [-0.1, -0.05) is 32.0 Å². The summed E-state index contributed by atoms with van der Waals surface area (Å²) >= 11 is 0. The standard InChI is InChI=1S/C15H18N2O2/c1-15(2)11-6-4-5-7-12(11)17(3)13(15)8-10(18)9-14(16)19/h4-8H,9H2,1-3H3,(H2,16,19)/b13-8-. The van der Waals surface area contributed by atoms with E-state index in [9.17, 15) is 9.59 Å². The van der Waals surface area contributed by atoms with Crippen LogP contribution in [0.5, 0.6) is 0 Å². The van der Waals surface area contributed by atoms with Gasteiger partial charge in [0.05, 0.1) is 6.42 Å². The SMILES string of the molecule is CN1/C(=C\C(=O)CC(N)=O)C(C)(C)c2ccccc21. The number of anilines is 1. The molecular formula is C15H18N2O2. The van der Waals surface area contributed by atoms with Crippen LogP contribution in [-0.2, 0) is 15.0 Å². The number of carbonyl (C=O) groups excluding carboxylic acids is 2. The van der Waals surface area contributed by atoms with Gasteiger partial charge >= 0.3 is 0 Å². The van der Waals surface area contributed by atoms with Crippen LogP contribution in [0, 0.1) is 0 Å². The van der Waals surface area contributed by atoms with E-state index in [4.69, 9.17) is 5.73 Å². The van der Waals surface area contributed by atoms with Crippen molar-refractivity contribution in [2.45, 2.75) is 25.7 Å². The number of carbonyl (C=O) groups is 2. The molecule has 1 aromatic rings. The molecule has 0 atom stereocenters. The number of fused-ring (bicyclic) bond motifs is 1. The average molecular weight is 258 g/mol. The number of primary amides is 1. The maximum absolute atomic E-state index is 11.8. The van der Waals surface area contributed by atoms with Gasteiger partial charge in [-0.05, 0) is 11.6 Å². The first kappa shape index (κ1) is 13.3. The van der Waals surface area contributed by atoms with E-state index in [2.05, 4.69) is 19.9 Å². The first-order valence-electron chi connectivity index (χ1n) is 6.20. The second kappa shape index (κ2) is 4.53. The number of hydrogen-bond acceptors (Lipinski definition) is 3. The van der Waals surface area contributed by atoms with Gasteiger partial charge in [-0.25, -0.2) is 0 Å². The Balaban J connectivity index is 2.42. The molecule has 4 nitrogen and oxygen atoms in total. The summed E-state index contributed by atoms with van der Waals surface area (Å²) in [4.78, 5) is 24.6. The van der Waals surface area contributed by atoms with Crippen LogP contribution in [0.3, 0.4) is 0 Å². The molecule has 0 saturated carbocycles. The van der Waals surface area contributed by atoms with Gasteiger partial charge in [-0.3, -0.25) is 9.59 Å². The molecule has 0 aromatic heterocycles. The summed E-state index contributed by atoms with van der Waals surface area (Å²) < 4.78 is 0. The second-order valence-electron chi connectivity index (χ2n) is 5.34. The Morgan fingerprint density at radius 2 is 1.95 bits per heavy atom. The summed E-state index contributed by atoms with van der Waals surface area (Å²) in [6.45, 7) is 4.14. The van der Waals surface area contributed by atoms with Crippen LogP contribution in [-0.4, -0.2) is 18.7 Å². The van der Waals surface area contributed by atoms with Crippen molar-refractivity contribution in [3.8, 4) is 0 Å². The van der Waals surface area contributed by atoms with Crippen LogP contribution in [0.15, 0.2) is 36.0 Å². The molecule has 0 aliphatic carbocycles. The highest BCUT2D eigenvalue weighted by Crippen LogP contribution is 2.46. The lowest BCUT2D eigenvalue weighted by molar-refractivity contribution is -0.124. The van der Waals surface area contributed by atoms with Gasteiger partial charge in [0.2, 0.25) is 5.91 Å². The van der Waals surface area contributed by atoms with Crippen molar-refractivity contribution >= 4 is 17.4 Å². The van der Waals surface area contributed by atoms with Crippen LogP contribution in [0.1, 0.15) is 25.8 Å². The number of benzene rings is 1. The van der Waals surface area contributed by atoms with E-state index in [-0.39, 0.29) is 17.6 Å². The highest BCUT2D eigenvalue weighted by Gasteiger charge is 2.38. The van der Waals surface area contributed by atoms with E-state index in [1.807, 2.05) is 30.1 Å². The minimum Gasteiger partial charge on any atom is -0.369 e. The number of para-hydroxylation sites is 1. The maximum Gasteiger partial charge on any atom is 0.225 e. The Kier molecular flexibility index (Phi) is 3.18. The molecule has 1 aromatic carbocycles. The lowest BCUT2D eigenvalue weighted by Gasteiger charge is -2.23. The molecule has 1 aliphatic rings. The second-order valence-corrected chi connectivity index (χ2v) is 5.34. The predicted molar refractivity (Wildman–Crippen MR) is 74.8 cm³/mol. The van der Waals surface area contributed by atoms with Gasteiger partial charge < -0.3 is 10.6 Å². The third-order valence-electron chi connectivity index (χ3n) is 3.59. The molecule has 0 bridgehead atoms. The van der Waals surface area contributed by atoms with Crippen molar-refractivity contribution in [3.63, 3.8) is 0 Å². The third-order valence-corrected chi connectivity index (χ3v) is 3.59. The molecule has 1 amide bonds. The van der Waals surface area contributed by atoms with Crippen LogP contribution in [0.2, 0.25) is 0 Å². The van der Waals surface area contributed by atoms with Crippen LogP contribution in [0.4, 0.5) is 5.69 Å². The van der Waals surface area contributed by atoms with E-state index in [0.717, 1.165) is 11.4 Å². The van der Waals surface area contributed by atoms with Crippen molar-refractivity contribution in [2.24, 2.45) is 5.73 Å². The number of allylic oxidation sites excluding steroid dienone is 2. The Labute approximate surface area is 112 Å². The Hall–Kier alpha value is -2.10. The fourth-order valence-electron chi connectivity index (χ4n) is 2.63. The minimum atomic E-state index is -0.599. The number of nitrogens with two attached hydrogens (primary N) is 1. The lowest BCUT2D eigenvalue weighted by atomic mass is 9.83. The number of hydrogen-bond donors (Lipinski definition) is 1.